The minimum Gasteiger partial charge on any atom is -0.491 e. The van der Waals surface area contributed by atoms with E-state index in [0.717, 1.165) is 5.56 Å². The summed E-state index contributed by atoms with van der Waals surface area (Å²) in [4.78, 5) is 0. The van der Waals surface area contributed by atoms with Crippen LogP contribution in [0.2, 0.25) is 0 Å². The van der Waals surface area contributed by atoms with Crippen LogP contribution in [-0.2, 0) is 16.0 Å². The van der Waals surface area contributed by atoms with E-state index in [4.69, 9.17) is 19.9 Å². The van der Waals surface area contributed by atoms with Crippen molar-refractivity contribution in [2.75, 3.05) is 26.4 Å². The molecule has 0 aliphatic rings. The Morgan fingerprint density at radius 3 is 2.40 bits per heavy atom. The van der Waals surface area contributed by atoms with Crippen molar-refractivity contribution in [2.24, 2.45) is 5.73 Å². The van der Waals surface area contributed by atoms with Crippen molar-refractivity contribution >= 4 is 0 Å². The van der Waals surface area contributed by atoms with Crippen LogP contribution in [0.3, 0.4) is 0 Å². The van der Waals surface area contributed by atoms with Gasteiger partial charge >= 0.3 is 0 Å². The zero-order valence-electron chi connectivity index (χ0n) is 12.2. The third-order valence-corrected chi connectivity index (χ3v) is 2.59. The van der Waals surface area contributed by atoms with E-state index in [1.165, 1.54) is 0 Å². The van der Waals surface area contributed by atoms with Crippen molar-refractivity contribution in [1.29, 1.82) is 0 Å². The first-order chi connectivity index (χ1) is 9.61. The van der Waals surface area contributed by atoms with Crippen molar-refractivity contribution in [2.45, 2.75) is 32.6 Å². The largest absolute Gasteiger partial charge is 0.491 e. The molecule has 1 rings (SSSR count). The van der Waals surface area contributed by atoms with E-state index in [1.54, 1.807) is 0 Å². The molecule has 114 valence electrons. The molecule has 0 saturated carbocycles. The fourth-order valence-electron chi connectivity index (χ4n) is 1.52. The summed E-state index contributed by atoms with van der Waals surface area (Å²) in [5.41, 5.74) is 6.56. The van der Waals surface area contributed by atoms with Gasteiger partial charge in [0.1, 0.15) is 18.5 Å². The molecule has 0 saturated heterocycles. The molecule has 1 aromatic carbocycles. The maximum Gasteiger partial charge on any atom is 0.119 e. The minimum atomic E-state index is -0.650. The summed E-state index contributed by atoms with van der Waals surface area (Å²) in [5.74, 6) is 0.712. The van der Waals surface area contributed by atoms with Crippen LogP contribution >= 0.6 is 0 Å². The fraction of sp³-hybridized carbons (Fsp3) is 0.600. The maximum atomic E-state index is 9.71. The predicted molar refractivity (Wildman–Crippen MR) is 77.7 cm³/mol. The van der Waals surface area contributed by atoms with Crippen LogP contribution in [0.1, 0.15) is 19.4 Å². The highest BCUT2D eigenvalue weighted by atomic mass is 16.5. The molecule has 0 spiro atoms. The molecule has 1 aromatic rings. The van der Waals surface area contributed by atoms with E-state index in [0.29, 0.717) is 25.5 Å². The minimum absolute atomic E-state index is 0.198. The number of aliphatic hydroxyl groups is 1. The first kappa shape index (κ1) is 16.9. The van der Waals surface area contributed by atoms with Gasteiger partial charge in [0.25, 0.3) is 0 Å². The molecule has 1 atom stereocenters. The highest BCUT2D eigenvalue weighted by Gasteiger charge is 2.05. The van der Waals surface area contributed by atoms with Gasteiger partial charge in [-0.15, -0.1) is 0 Å². The van der Waals surface area contributed by atoms with Crippen molar-refractivity contribution < 1.29 is 19.3 Å². The number of ether oxygens (including phenoxy) is 3. The Hall–Kier alpha value is -1.14. The molecule has 3 N–H and O–H groups in total. The zero-order valence-corrected chi connectivity index (χ0v) is 12.2. The van der Waals surface area contributed by atoms with Gasteiger partial charge in [0.2, 0.25) is 0 Å². The molecule has 0 aliphatic carbocycles. The molecule has 5 nitrogen and oxygen atoms in total. The van der Waals surface area contributed by atoms with Gasteiger partial charge in [-0.2, -0.15) is 0 Å². The number of nitrogens with two attached hydrogens (primary N) is 1. The number of benzene rings is 1. The Balaban J connectivity index is 2.11. The second kappa shape index (κ2) is 9.72. The van der Waals surface area contributed by atoms with Crippen molar-refractivity contribution in [1.82, 2.24) is 0 Å². The second-order valence-electron chi connectivity index (χ2n) is 4.81. The molecule has 0 heterocycles. The van der Waals surface area contributed by atoms with Crippen molar-refractivity contribution in [3.63, 3.8) is 0 Å². The Bertz CT molecular complexity index is 353. The third-order valence-electron chi connectivity index (χ3n) is 2.59. The van der Waals surface area contributed by atoms with Gasteiger partial charge in [-0.1, -0.05) is 12.1 Å². The molecule has 20 heavy (non-hydrogen) atoms. The SMILES string of the molecule is CC(C)OCCOCC(O)COc1ccc(CN)cc1. The van der Waals surface area contributed by atoms with Crippen LogP contribution in [0.15, 0.2) is 24.3 Å². The summed E-state index contributed by atoms with van der Waals surface area (Å²) >= 11 is 0. The molecular formula is C15H25NO4. The molecule has 0 bridgehead atoms. The summed E-state index contributed by atoms with van der Waals surface area (Å²) in [6.45, 7) is 5.90. The molecule has 0 radical (unpaired) electrons. The second-order valence-corrected chi connectivity index (χ2v) is 4.81. The van der Waals surface area contributed by atoms with Gasteiger partial charge in [-0.3, -0.25) is 0 Å². The third kappa shape index (κ3) is 7.45. The first-order valence-electron chi connectivity index (χ1n) is 6.91. The van der Waals surface area contributed by atoms with Crippen LogP contribution < -0.4 is 10.5 Å². The number of rotatable bonds is 10. The van der Waals surface area contributed by atoms with Gasteiger partial charge in [0, 0.05) is 6.54 Å². The lowest BCUT2D eigenvalue weighted by Gasteiger charge is -2.13. The van der Waals surface area contributed by atoms with Crippen LogP contribution in [0.5, 0.6) is 5.75 Å². The Kier molecular flexibility index (Phi) is 8.22. The molecular weight excluding hydrogens is 258 g/mol. The monoisotopic (exact) mass is 283 g/mol. The van der Waals surface area contributed by atoms with Crippen LogP contribution in [0.25, 0.3) is 0 Å². The van der Waals surface area contributed by atoms with Crippen molar-refractivity contribution in [3.8, 4) is 5.75 Å². The number of hydrogen-bond acceptors (Lipinski definition) is 5. The molecule has 0 amide bonds. The van der Waals surface area contributed by atoms with Gasteiger partial charge in [-0.25, -0.2) is 0 Å². The molecule has 1 unspecified atom stereocenters. The van der Waals surface area contributed by atoms with Gasteiger partial charge in [-0.05, 0) is 31.5 Å². The lowest BCUT2D eigenvalue weighted by Crippen LogP contribution is -2.24. The smallest absolute Gasteiger partial charge is 0.119 e. The molecule has 0 aromatic heterocycles. The standard InChI is InChI=1S/C15H25NO4/c1-12(2)19-8-7-18-10-14(17)11-20-15-5-3-13(9-16)4-6-15/h3-6,12,14,17H,7-11,16H2,1-2H3. The summed E-state index contributed by atoms with van der Waals surface area (Å²) in [6, 6.07) is 7.49. The Morgan fingerprint density at radius 2 is 1.80 bits per heavy atom. The molecule has 0 aliphatic heterocycles. The lowest BCUT2D eigenvalue weighted by molar-refractivity contribution is -0.0213. The average molecular weight is 283 g/mol. The summed E-state index contributed by atoms with van der Waals surface area (Å²) < 4.78 is 16.1. The fourth-order valence-corrected chi connectivity index (χ4v) is 1.52. The quantitative estimate of drug-likeness (QED) is 0.634. The summed E-state index contributed by atoms with van der Waals surface area (Å²) in [5, 5.41) is 9.71. The molecule has 5 heteroatoms. The first-order valence-corrected chi connectivity index (χ1v) is 6.91. The van der Waals surface area contributed by atoms with E-state index in [2.05, 4.69) is 0 Å². The number of hydrogen-bond donors (Lipinski definition) is 2. The average Bonchev–Trinajstić information content (AvgIpc) is 2.45. The van der Waals surface area contributed by atoms with E-state index >= 15 is 0 Å². The maximum absolute atomic E-state index is 9.71. The van der Waals surface area contributed by atoms with Crippen LogP contribution in [-0.4, -0.2) is 43.7 Å². The van der Waals surface area contributed by atoms with E-state index in [1.807, 2.05) is 38.1 Å². The zero-order chi connectivity index (χ0) is 14.8. The predicted octanol–water partition coefficient (Wildman–Crippen LogP) is 1.33. The topological polar surface area (TPSA) is 73.9 Å². The lowest BCUT2D eigenvalue weighted by atomic mass is 10.2. The highest BCUT2D eigenvalue weighted by Crippen LogP contribution is 2.12. The highest BCUT2D eigenvalue weighted by molar-refractivity contribution is 5.27. The van der Waals surface area contributed by atoms with Crippen LogP contribution in [0, 0.1) is 0 Å². The van der Waals surface area contributed by atoms with Crippen LogP contribution in [0.4, 0.5) is 0 Å². The van der Waals surface area contributed by atoms with E-state index in [-0.39, 0.29) is 19.3 Å². The van der Waals surface area contributed by atoms with Gasteiger partial charge in [0.05, 0.1) is 25.9 Å². The van der Waals surface area contributed by atoms with Crippen molar-refractivity contribution in [3.05, 3.63) is 29.8 Å². The summed E-state index contributed by atoms with van der Waals surface area (Å²) in [6.07, 6.45) is -0.452. The number of aliphatic hydroxyl groups excluding tert-OH is 1. The van der Waals surface area contributed by atoms with E-state index < -0.39 is 6.10 Å². The molecule has 0 fully saturated rings. The van der Waals surface area contributed by atoms with E-state index in [9.17, 15) is 5.11 Å². The van der Waals surface area contributed by atoms with Gasteiger partial charge < -0.3 is 25.1 Å². The van der Waals surface area contributed by atoms with Gasteiger partial charge in [0.15, 0.2) is 0 Å². The normalized spacial score (nSPS) is 12.7. The Morgan fingerprint density at radius 1 is 1.10 bits per heavy atom. The Labute approximate surface area is 120 Å². The summed E-state index contributed by atoms with van der Waals surface area (Å²) in [7, 11) is 0.